The number of benzene rings is 2. The first-order valence-electron chi connectivity index (χ1n) is 7.04. The van der Waals surface area contributed by atoms with Crippen LogP contribution in [0.25, 0.3) is 0 Å². The summed E-state index contributed by atoms with van der Waals surface area (Å²) in [5, 5.41) is 4.57. The summed E-state index contributed by atoms with van der Waals surface area (Å²) in [6, 6.07) is 10.8. The van der Waals surface area contributed by atoms with Gasteiger partial charge in [0.15, 0.2) is 6.61 Å². The lowest BCUT2D eigenvalue weighted by molar-refractivity contribution is -0.123. The molecular formula is C17H16ClIN2O3. The predicted octanol–water partition coefficient (Wildman–Crippen LogP) is 3.79. The number of carbonyl (C=O) groups is 1. The minimum absolute atomic E-state index is 0.126. The van der Waals surface area contributed by atoms with Gasteiger partial charge in [0.2, 0.25) is 0 Å². The molecule has 0 unspecified atom stereocenters. The maximum absolute atomic E-state index is 11.7. The van der Waals surface area contributed by atoms with Crippen molar-refractivity contribution in [2.75, 3.05) is 13.7 Å². The van der Waals surface area contributed by atoms with Crippen LogP contribution in [0.1, 0.15) is 11.1 Å². The molecule has 7 heteroatoms. The van der Waals surface area contributed by atoms with E-state index in [4.69, 9.17) is 21.1 Å². The van der Waals surface area contributed by atoms with E-state index in [0.29, 0.717) is 10.8 Å². The van der Waals surface area contributed by atoms with Crippen molar-refractivity contribution >= 4 is 46.3 Å². The molecule has 0 aliphatic heterocycles. The van der Waals surface area contributed by atoms with Gasteiger partial charge in [-0.05, 0) is 77.0 Å². The number of hydrogen-bond acceptors (Lipinski definition) is 4. The number of hydrazone groups is 1. The number of rotatable bonds is 6. The number of methoxy groups -OCH3 is 1. The third kappa shape index (κ3) is 5.38. The number of aryl methyl sites for hydroxylation is 1. The molecular weight excluding hydrogens is 443 g/mol. The van der Waals surface area contributed by atoms with Crippen LogP contribution in [0.2, 0.25) is 5.02 Å². The van der Waals surface area contributed by atoms with Crippen LogP contribution in [-0.4, -0.2) is 25.8 Å². The van der Waals surface area contributed by atoms with E-state index in [1.54, 1.807) is 31.5 Å². The second kappa shape index (κ2) is 8.89. The quantitative estimate of drug-likeness (QED) is 0.407. The Kier molecular flexibility index (Phi) is 6.86. The Hall–Kier alpha value is -1.80. The van der Waals surface area contributed by atoms with E-state index in [0.717, 1.165) is 20.4 Å². The van der Waals surface area contributed by atoms with E-state index < -0.39 is 0 Å². The van der Waals surface area contributed by atoms with Gasteiger partial charge in [-0.25, -0.2) is 5.43 Å². The maximum atomic E-state index is 11.7. The van der Waals surface area contributed by atoms with Gasteiger partial charge in [-0.2, -0.15) is 5.10 Å². The number of nitrogens with one attached hydrogen (secondary N) is 1. The van der Waals surface area contributed by atoms with Gasteiger partial charge in [-0.3, -0.25) is 4.79 Å². The minimum atomic E-state index is -0.345. The van der Waals surface area contributed by atoms with Crippen molar-refractivity contribution in [1.82, 2.24) is 5.43 Å². The normalized spacial score (nSPS) is 10.7. The topological polar surface area (TPSA) is 59.9 Å². The highest BCUT2D eigenvalue weighted by Crippen LogP contribution is 2.21. The Morgan fingerprint density at radius 2 is 2.12 bits per heavy atom. The fourth-order valence-corrected chi connectivity index (χ4v) is 2.71. The number of amides is 1. The fourth-order valence-electron chi connectivity index (χ4n) is 1.83. The molecule has 0 saturated heterocycles. The molecule has 0 fully saturated rings. The second-order valence-electron chi connectivity index (χ2n) is 4.89. The summed E-state index contributed by atoms with van der Waals surface area (Å²) in [5.41, 5.74) is 4.17. The van der Waals surface area contributed by atoms with Gasteiger partial charge in [-0.15, -0.1) is 0 Å². The van der Waals surface area contributed by atoms with Crippen molar-refractivity contribution < 1.29 is 14.3 Å². The third-order valence-electron chi connectivity index (χ3n) is 3.08. The van der Waals surface area contributed by atoms with Crippen LogP contribution in [0.5, 0.6) is 11.5 Å². The number of halogens is 2. The van der Waals surface area contributed by atoms with Crippen LogP contribution in [-0.2, 0) is 4.79 Å². The van der Waals surface area contributed by atoms with Crippen molar-refractivity contribution in [3.05, 3.63) is 56.1 Å². The number of hydrogen-bond donors (Lipinski definition) is 1. The van der Waals surface area contributed by atoms with Crippen LogP contribution < -0.4 is 14.9 Å². The zero-order chi connectivity index (χ0) is 17.5. The monoisotopic (exact) mass is 458 g/mol. The Morgan fingerprint density at radius 3 is 2.79 bits per heavy atom. The van der Waals surface area contributed by atoms with E-state index in [1.165, 1.54) is 0 Å². The molecule has 126 valence electrons. The van der Waals surface area contributed by atoms with Gasteiger partial charge in [-0.1, -0.05) is 11.6 Å². The van der Waals surface area contributed by atoms with Crippen molar-refractivity contribution in [2.24, 2.45) is 5.10 Å². The first-order valence-corrected chi connectivity index (χ1v) is 8.49. The summed E-state index contributed by atoms with van der Waals surface area (Å²) in [6.07, 6.45) is 1.56. The summed E-state index contributed by atoms with van der Waals surface area (Å²) >= 11 is 8.11. The molecule has 2 rings (SSSR count). The summed E-state index contributed by atoms with van der Waals surface area (Å²) in [6.45, 7) is 1.74. The van der Waals surface area contributed by atoms with E-state index >= 15 is 0 Å². The summed E-state index contributed by atoms with van der Waals surface area (Å²) in [4.78, 5) is 11.7. The van der Waals surface area contributed by atoms with Crippen LogP contribution in [0.15, 0.2) is 41.5 Å². The number of ether oxygens (including phenoxy) is 2. The molecule has 1 amide bonds. The molecule has 0 atom stereocenters. The lowest BCUT2D eigenvalue weighted by Crippen LogP contribution is -2.24. The Labute approximate surface area is 159 Å². The van der Waals surface area contributed by atoms with Crippen molar-refractivity contribution in [3.63, 3.8) is 0 Å². The molecule has 2 aromatic rings. The standard InChI is InChI=1S/C17H16ClIN2O3/c1-11-7-13(4-5-14(11)18)24-10-17(22)21-20-9-12-3-6-16(23-2)15(19)8-12/h3-9H,10H2,1-2H3,(H,21,22)/b20-9+. The van der Waals surface area contributed by atoms with Gasteiger partial charge in [0, 0.05) is 5.02 Å². The molecule has 1 N–H and O–H groups in total. The van der Waals surface area contributed by atoms with E-state index in [2.05, 4.69) is 33.1 Å². The highest BCUT2D eigenvalue weighted by molar-refractivity contribution is 14.1. The first-order chi connectivity index (χ1) is 11.5. The molecule has 2 aromatic carbocycles. The van der Waals surface area contributed by atoms with Crippen molar-refractivity contribution in [3.8, 4) is 11.5 Å². The molecule has 0 bridgehead atoms. The van der Waals surface area contributed by atoms with Crippen molar-refractivity contribution in [2.45, 2.75) is 6.92 Å². The van der Waals surface area contributed by atoms with E-state index in [-0.39, 0.29) is 12.5 Å². The SMILES string of the molecule is COc1ccc(/C=N/NC(=O)COc2ccc(Cl)c(C)c2)cc1I. The molecule has 0 radical (unpaired) electrons. The summed E-state index contributed by atoms with van der Waals surface area (Å²) < 4.78 is 11.5. The largest absolute Gasteiger partial charge is 0.496 e. The van der Waals surface area contributed by atoms with Gasteiger partial charge in [0.25, 0.3) is 5.91 Å². The smallest absolute Gasteiger partial charge is 0.277 e. The summed E-state index contributed by atoms with van der Waals surface area (Å²) in [5.74, 6) is 1.03. The van der Waals surface area contributed by atoms with Crippen molar-refractivity contribution in [1.29, 1.82) is 0 Å². The molecule has 0 saturated carbocycles. The lowest BCUT2D eigenvalue weighted by atomic mass is 10.2. The van der Waals surface area contributed by atoms with Crippen LogP contribution >= 0.6 is 34.2 Å². The zero-order valence-electron chi connectivity index (χ0n) is 13.2. The highest BCUT2D eigenvalue weighted by Gasteiger charge is 2.03. The molecule has 0 heterocycles. The molecule has 0 spiro atoms. The van der Waals surface area contributed by atoms with Crippen LogP contribution in [0.3, 0.4) is 0 Å². The minimum Gasteiger partial charge on any atom is -0.496 e. The molecule has 0 aliphatic carbocycles. The van der Waals surface area contributed by atoms with E-state index in [9.17, 15) is 4.79 Å². The second-order valence-corrected chi connectivity index (χ2v) is 6.46. The zero-order valence-corrected chi connectivity index (χ0v) is 16.1. The molecule has 0 aromatic heterocycles. The van der Waals surface area contributed by atoms with Gasteiger partial charge in [0.05, 0.1) is 16.9 Å². The predicted molar refractivity (Wildman–Crippen MR) is 103 cm³/mol. The molecule has 5 nitrogen and oxygen atoms in total. The number of carbonyl (C=O) groups excluding carboxylic acids is 1. The van der Waals surface area contributed by atoms with E-state index in [1.807, 2.05) is 25.1 Å². The lowest BCUT2D eigenvalue weighted by Gasteiger charge is -2.06. The van der Waals surface area contributed by atoms with Gasteiger partial charge < -0.3 is 9.47 Å². The van der Waals surface area contributed by atoms with Crippen LogP contribution in [0, 0.1) is 10.5 Å². The average molecular weight is 459 g/mol. The Morgan fingerprint density at radius 1 is 1.33 bits per heavy atom. The Bertz CT molecular complexity index is 765. The maximum Gasteiger partial charge on any atom is 0.277 e. The number of nitrogens with zero attached hydrogens (tertiary/aromatic N) is 1. The van der Waals surface area contributed by atoms with Gasteiger partial charge in [0.1, 0.15) is 11.5 Å². The third-order valence-corrected chi connectivity index (χ3v) is 4.35. The van der Waals surface area contributed by atoms with Crippen LogP contribution in [0.4, 0.5) is 0 Å². The molecule has 0 aliphatic rings. The Balaban J connectivity index is 1.84. The molecule has 24 heavy (non-hydrogen) atoms. The van der Waals surface area contributed by atoms with Gasteiger partial charge >= 0.3 is 0 Å². The highest BCUT2D eigenvalue weighted by atomic mass is 127. The average Bonchev–Trinajstić information content (AvgIpc) is 2.56. The summed E-state index contributed by atoms with van der Waals surface area (Å²) in [7, 11) is 1.62. The fraction of sp³-hybridized carbons (Fsp3) is 0.176. The first kappa shape index (κ1) is 18.5.